The van der Waals surface area contributed by atoms with Gasteiger partial charge in [0.25, 0.3) is 10.2 Å². The smallest absolute Gasteiger partial charge is 0.271 e. The molecule has 0 aliphatic rings. The summed E-state index contributed by atoms with van der Waals surface area (Å²) in [6.45, 7) is 1.92. The van der Waals surface area contributed by atoms with Gasteiger partial charge in [-0.3, -0.25) is 4.72 Å². The summed E-state index contributed by atoms with van der Waals surface area (Å²) in [5.41, 5.74) is 1.54. The predicted octanol–water partition coefficient (Wildman–Crippen LogP) is 0.230. The number of nitrogens with one attached hydrogen (secondary N) is 1. The number of rotatable bonds is 2. The molecule has 0 fully saturated rings. The Morgan fingerprint density at radius 2 is 1.69 bits per heavy atom. The molecule has 0 spiro atoms. The Morgan fingerprint density at radius 3 is 2.08 bits per heavy atom. The van der Waals surface area contributed by atoms with E-state index in [9.17, 15) is 8.42 Å². The largest absolute Gasteiger partial charge is 0.296 e. The van der Waals surface area contributed by atoms with Crippen LogP contribution in [0, 0.1) is 6.92 Å². The number of anilines is 1. The predicted molar refractivity (Wildman–Crippen MR) is 53.7 cm³/mol. The first-order valence-electron chi connectivity index (χ1n) is 3.34. The van der Waals surface area contributed by atoms with Crippen molar-refractivity contribution in [2.45, 2.75) is 6.92 Å². The molecule has 0 aliphatic heterocycles. The van der Waals surface area contributed by atoms with Crippen LogP contribution >= 0.6 is 0 Å². The second kappa shape index (κ2) is 5.45. The third kappa shape index (κ3) is 5.79. The molecule has 1 rings (SSSR count). The van der Waals surface area contributed by atoms with E-state index in [2.05, 4.69) is 4.72 Å². The van der Waals surface area contributed by atoms with Gasteiger partial charge >= 0.3 is 0 Å². The van der Waals surface area contributed by atoms with E-state index in [4.69, 9.17) is 5.14 Å². The number of benzene rings is 1. The van der Waals surface area contributed by atoms with Gasteiger partial charge in [-0.2, -0.15) is 8.42 Å². The number of hydrogen-bond acceptors (Lipinski definition) is 2. The van der Waals surface area contributed by atoms with Crippen LogP contribution in [0.2, 0.25) is 0 Å². The monoisotopic (exact) mass is 225 g/mol. The number of nitrogens with two attached hydrogens (primary N) is 1. The normalized spacial score (nSPS) is 10.3. The minimum atomic E-state index is -3.64. The molecule has 0 atom stereocenters. The molecule has 0 saturated heterocycles. The molecule has 1 radical (unpaired) electrons. The molecule has 0 heterocycles. The molecule has 67 valence electrons. The zero-order valence-corrected chi connectivity index (χ0v) is 11.6. The first-order valence-corrected chi connectivity index (χ1v) is 4.89. The van der Waals surface area contributed by atoms with Gasteiger partial charge in [0.15, 0.2) is 0 Å². The van der Waals surface area contributed by atoms with E-state index in [0.29, 0.717) is 5.69 Å². The van der Waals surface area contributed by atoms with Crippen LogP contribution < -0.4 is 9.86 Å². The summed E-state index contributed by atoms with van der Waals surface area (Å²) in [6.07, 6.45) is 0. The summed E-state index contributed by atoms with van der Waals surface area (Å²) in [4.78, 5) is 0. The van der Waals surface area contributed by atoms with Crippen LogP contribution in [0.15, 0.2) is 24.3 Å². The second-order valence-electron chi connectivity index (χ2n) is 2.51. The van der Waals surface area contributed by atoms with E-state index >= 15 is 0 Å². The average molecular weight is 225 g/mol. The zero-order valence-electron chi connectivity index (χ0n) is 7.61. The van der Waals surface area contributed by atoms with Crippen molar-refractivity contribution in [1.29, 1.82) is 0 Å². The Balaban J connectivity index is 0.00000144. The van der Waals surface area contributed by atoms with Crippen molar-refractivity contribution in [1.82, 2.24) is 0 Å². The van der Waals surface area contributed by atoms with Crippen LogP contribution in [-0.2, 0) is 10.2 Å². The third-order valence-electron chi connectivity index (χ3n) is 1.31. The van der Waals surface area contributed by atoms with Crippen LogP contribution in [0.4, 0.5) is 5.69 Å². The van der Waals surface area contributed by atoms with Gasteiger partial charge in [0.05, 0.1) is 0 Å². The first kappa shape index (κ1) is 13.6. The summed E-state index contributed by atoms with van der Waals surface area (Å²) >= 11 is 0. The molecule has 3 N–H and O–H groups in total. The van der Waals surface area contributed by atoms with Gasteiger partial charge in [0, 0.05) is 57.1 Å². The molecule has 0 saturated carbocycles. The summed E-state index contributed by atoms with van der Waals surface area (Å²) in [5.74, 6) is 0. The zero-order chi connectivity index (χ0) is 9.19. The van der Waals surface area contributed by atoms with E-state index in [1.54, 1.807) is 24.3 Å². The van der Waals surface area contributed by atoms with Crippen molar-refractivity contribution in [3.05, 3.63) is 29.8 Å². The van der Waals surface area contributed by atoms with E-state index in [1.807, 2.05) is 6.92 Å². The van der Waals surface area contributed by atoms with E-state index < -0.39 is 10.2 Å². The minimum Gasteiger partial charge on any atom is -0.271 e. The average Bonchev–Trinajstić information content (AvgIpc) is 1.91. The molecular formula is C7H10KN2O2S. The van der Waals surface area contributed by atoms with E-state index in [0.717, 1.165) is 5.56 Å². The Morgan fingerprint density at radius 1 is 1.23 bits per heavy atom. The molecule has 0 aliphatic carbocycles. The maximum Gasteiger partial charge on any atom is 0.296 e. The number of aryl methyl sites for hydroxylation is 1. The second-order valence-corrected chi connectivity index (χ2v) is 3.81. The molecule has 13 heavy (non-hydrogen) atoms. The maximum atomic E-state index is 10.6. The third-order valence-corrected chi connectivity index (χ3v) is 1.83. The van der Waals surface area contributed by atoms with E-state index in [-0.39, 0.29) is 51.4 Å². The fourth-order valence-electron chi connectivity index (χ4n) is 0.786. The van der Waals surface area contributed by atoms with Crippen molar-refractivity contribution in [2.75, 3.05) is 4.72 Å². The number of hydrogen-bond donors (Lipinski definition) is 2. The quantitative estimate of drug-likeness (QED) is 0.707. The van der Waals surface area contributed by atoms with Gasteiger partial charge in [-0.25, -0.2) is 5.14 Å². The molecule has 4 nitrogen and oxygen atoms in total. The Kier molecular flexibility index (Phi) is 5.69. The molecule has 0 amide bonds. The molecule has 0 bridgehead atoms. The van der Waals surface area contributed by atoms with Crippen LogP contribution in [0.25, 0.3) is 0 Å². The van der Waals surface area contributed by atoms with Crippen molar-refractivity contribution in [2.24, 2.45) is 5.14 Å². The van der Waals surface area contributed by atoms with Crippen LogP contribution in [0.5, 0.6) is 0 Å². The van der Waals surface area contributed by atoms with Crippen LogP contribution in [0.3, 0.4) is 0 Å². The fraction of sp³-hybridized carbons (Fsp3) is 0.143. The topological polar surface area (TPSA) is 72.2 Å². The summed E-state index contributed by atoms with van der Waals surface area (Å²) in [5, 5.41) is 4.77. The molecule has 0 unspecified atom stereocenters. The Hall–Kier alpha value is 0.566. The first-order chi connectivity index (χ1) is 5.47. The van der Waals surface area contributed by atoms with Crippen LogP contribution in [0.1, 0.15) is 5.56 Å². The van der Waals surface area contributed by atoms with Crippen molar-refractivity contribution >= 4 is 67.3 Å². The van der Waals surface area contributed by atoms with Crippen molar-refractivity contribution < 1.29 is 8.42 Å². The van der Waals surface area contributed by atoms with Crippen molar-refractivity contribution in [3.8, 4) is 0 Å². The van der Waals surface area contributed by atoms with Gasteiger partial charge in [0.2, 0.25) is 0 Å². The van der Waals surface area contributed by atoms with Gasteiger partial charge in [-0.05, 0) is 19.1 Å². The standard InChI is InChI=1S/C7H10N2O2S.K/c1-6-2-4-7(5-3-6)9-12(8,10)11;/h2-5,9H,1H3,(H2,8,10,11);. The molecule has 0 aromatic heterocycles. The minimum absolute atomic E-state index is 0. The van der Waals surface area contributed by atoms with Gasteiger partial charge in [-0.15, -0.1) is 0 Å². The van der Waals surface area contributed by atoms with Gasteiger partial charge < -0.3 is 0 Å². The molecule has 1 aromatic carbocycles. The molecule has 6 heteroatoms. The van der Waals surface area contributed by atoms with Gasteiger partial charge in [0.1, 0.15) is 0 Å². The fourth-order valence-corrected chi connectivity index (χ4v) is 1.25. The maximum absolute atomic E-state index is 10.6. The Bertz CT molecular complexity index is 361. The van der Waals surface area contributed by atoms with Crippen LogP contribution in [-0.4, -0.2) is 59.8 Å². The summed E-state index contributed by atoms with van der Waals surface area (Å²) in [7, 11) is -3.64. The SMILES string of the molecule is Cc1ccc(NS(N)(=O)=O)cc1.[K]. The summed E-state index contributed by atoms with van der Waals surface area (Å²) in [6, 6.07) is 6.90. The van der Waals surface area contributed by atoms with Crippen molar-refractivity contribution in [3.63, 3.8) is 0 Å². The Labute approximate surface area is 121 Å². The summed E-state index contributed by atoms with van der Waals surface area (Å²) < 4.78 is 23.3. The van der Waals surface area contributed by atoms with E-state index in [1.165, 1.54) is 0 Å². The molecular weight excluding hydrogens is 215 g/mol. The molecule has 1 aromatic rings. The van der Waals surface area contributed by atoms with Gasteiger partial charge in [-0.1, -0.05) is 17.7 Å².